The zero-order valence-corrected chi connectivity index (χ0v) is 12.6. The first-order valence-electron chi connectivity index (χ1n) is 5.46. The minimum atomic E-state index is -0.992. The molecule has 2 aromatic rings. The minimum absolute atomic E-state index is 0.254. The number of nitrogens with zero attached hydrogens (tertiary/aromatic N) is 1. The third-order valence-electron chi connectivity index (χ3n) is 2.80. The van der Waals surface area contributed by atoms with Crippen molar-refractivity contribution in [1.82, 2.24) is 4.57 Å². The highest BCUT2D eigenvalue weighted by atomic mass is 79.9. The fraction of sp³-hybridized carbons (Fsp3) is 0.308. The van der Waals surface area contributed by atoms with E-state index in [1.165, 1.54) is 4.57 Å². The summed E-state index contributed by atoms with van der Waals surface area (Å²) in [5, 5.41) is 10.7. The van der Waals surface area contributed by atoms with Crippen LogP contribution >= 0.6 is 27.5 Å². The van der Waals surface area contributed by atoms with Crippen molar-refractivity contribution in [3.05, 3.63) is 33.4 Å². The molecule has 0 spiro atoms. The SMILES string of the molecule is CC(C)(C)c1cc2cc(Br)c(Cl)cc2n1C(=O)O. The van der Waals surface area contributed by atoms with Gasteiger partial charge in [0, 0.05) is 21.0 Å². The quantitative estimate of drug-likeness (QED) is 0.748. The lowest BCUT2D eigenvalue weighted by Crippen LogP contribution is -2.21. The lowest BCUT2D eigenvalue weighted by Gasteiger charge is -2.19. The molecule has 0 aliphatic carbocycles. The molecule has 3 nitrogen and oxygen atoms in total. The maximum absolute atomic E-state index is 11.4. The molecule has 0 saturated carbocycles. The molecule has 1 heterocycles. The van der Waals surface area contributed by atoms with Gasteiger partial charge < -0.3 is 5.11 Å². The Morgan fingerprint density at radius 3 is 2.44 bits per heavy atom. The van der Waals surface area contributed by atoms with Crippen LogP contribution in [0.2, 0.25) is 5.02 Å². The molecule has 0 aliphatic rings. The van der Waals surface area contributed by atoms with Crippen LogP contribution < -0.4 is 0 Å². The van der Waals surface area contributed by atoms with Crippen molar-refractivity contribution in [2.45, 2.75) is 26.2 Å². The molecule has 0 bridgehead atoms. The predicted octanol–water partition coefficient (Wildman–Crippen LogP) is 4.88. The van der Waals surface area contributed by atoms with Gasteiger partial charge in [-0.05, 0) is 34.1 Å². The van der Waals surface area contributed by atoms with Gasteiger partial charge >= 0.3 is 6.09 Å². The highest BCUT2D eigenvalue weighted by Crippen LogP contribution is 2.34. The van der Waals surface area contributed by atoms with E-state index in [1.54, 1.807) is 6.07 Å². The highest BCUT2D eigenvalue weighted by Gasteiger charge is 2.24. The Labute approximate surface area is 118 Å². The first-order valence-corrected chi connectivity index (χ1v) is 6.63. The number of fused-ring (bicyclic) bond motifs is 1. The third kappa shape index (κ3) is 2.15. The fourth-order valence-corrected chi connectivity index (χ4v) is 2.48. The van der Waals surface area contributed by atoms with Crippen LogP contribution in [-0.4, -0.2) is 15.8 Å². The van der Waals surface area contributed by atoms with Gasteiger partial charge in [0.25, 0.3) is 0 Å². The summed E-state index contributed by atoms with van der Waals surface area (Å²) < 4.78 is 2.06. The Morgan fingerprint density at radius 1 is 1.33 bits per heavy atom. The van der Waals surface area contributed by atoms with Crippen LogP contribution in [0, 0.1) is 0 Å². The van der Waals surface area contributed by atoms with Crippen molar-refractivity contribution in [3.63, 3.8) is 0 Å². The number of aromatic nitrogens is 1. The molecular formula is C13H13BrClNO2. The second kappa shape index (κ2) is 4.28. The van der Waals surface area contributed by atoms with Gasteiger partial charge in [-0.25, -0.2) is 9.36 Å². The van der Waals surface area contributed by atoms with Crippen LogP contribution in [0.4, 0.5) is 4.79 Å². The summed E-state index contributed by atoms with van der Waals surface area (Å²) in [4.78, 5) is 11.4. The smallest absolute Gasteiger partial charge is 0.416 e. The maximum Gasteiger partial charge on any atom is 0.416 e. The summed E-state index contributed by atoms with van der Waals surface area (Å²) >= 11 is 9.38. The summed E-state index contributed by atoms with van der Waals surface area (Å²) in [6.07, 6.45) is -0.992. The molecular weight excluding hydrogens is 318 g/mol. The minimum Gasteiger partial charge on any atom is -0.464 e. The van der Waals surface area contributed by atoms with Gasteiger partial charge in [0.15, 0.2) is 0 Å². The van der Waals surface area contributed by atoms with E-state index in [1.807, 2.05) is 32.9 Å². The van der Waals surface area contributed by atoms with E-state index < -0.39 is 6.09 Å². The molecule has 0 fully saturated rings. The molecule has 1 aromatic heterocycles. The van der Waals surface area contributed by atoms with Crippen molar-refractivity contribution in [3.8, 4) is 0 Å². The van der Waals surface area contributed by atoms with Crippen LogP contribution in [-0.2, 0) is 5.41 Å². The average molecular weight is 331 g/mol. The third-order valence-corrected chi connectivity index (χ3v) is 4.00. The molecule has 18 heavy (non-hydrogen) atoms. The van der Waals surface area contributed by atoms with E-state index in [9.17, 15) is 9.90 Å². The summed E-state index contributed by atoms with van der Waals surface area (Å²) in [5.74, 6) is 0. The Kier molecular flexibility index (Phi) is 3.19. The van der Waals surface area contributed by atoms with Crippen LogP contribution in [0.3, 0.4) is 0 Å². The molecule has 1 N–H and O–H groups in total. The number of hydrogen-bond donors (Lipinski definition) is 1. The van der Waals surface area contributed by atoms with Gasteiger partial charge in [-0.15, -0.1) is 0 Å². The number of halogens is 2. The van der Waals surface area contributed by atoms with Gasteiger partial charge in [0.1, 0.15) is 0 Å². The largest absolute Gasteiger partial charge is 0.464 e. The van der Waals surface area contributed by atoms with Crippen molar-refractivity contribution in [2.75, 3.05) is 0 Å². The lowest BCUT2D eigenvalue weighted by molar-refractivity contribution is 0.195. The molecule has 0 unspecified atom stereocenters. The van der Waals surface area contributed by atoms with E-state index in [4.69, 9.17) is 11.6 Å². The van der Waals surface area contributed by atoms with Crippen molar-refractivity contribution in [2.24, 2.45) is 0 Å². The first-order chi connectivity index (χ1) is 8.21. The molecule has 5 heteroatoms. The van der Waals surface area contributed by atoms with Crippen LogP contribution in [0.1, 0.15) is 26.5 Å². The molecule has 2 rings (SSSR count). The summed E-state index contributed by atoms with van der Waals surface area (Å²) in [7, 11) is 0. The van der Waals surface area contributed by atoms with Gasteiger partial charge in [-0.3, -0.25) is 0 Å². The predicted molar refractivity (Wildman–Crippen MR) is 76.8 cm³/mol. The van der Waals surface area contributed by atoms with Crippen LogP contribution in [0.25, 0.3) is 10.9 Å². The Hall–Kier alpha value is -1.00. The highest BCUT2D eigenvalue weighted by molar-refractivity contribution is 9.10. The molecule has 0 amide bonds. The normalized spacial score (nSPS) is 12.1. The molecule has 1 aromatic carbocycles. The summed E-state index contributed by atoms with van der Waals surface area (Å²) in [6, 6.07) is 5.40. The fourth-order valence-electron chi connectivity index (χ4n) is 1.96. The standard InChI is InChI=1S/C13H13BrClNO2/c1-13(2,3)11-5-7-4-8(14)9(15)6-10(7)16(11)12(17)18/h4-6H,1-3H3,(H,17,18). The summed E-state index contributed by atoms with van der Waals surface area (Å²) in [5.41, 5.74) is 1.11. The molecule has 0 radical (unpaired) electrons. The van der Waals surface area contributed by atoms with Crippen molar-refractivity contribution >= 4 is 44.5 Å². The molecule has 96 valence electrons. The first kappa shape index (κ1) is 13.4. The van der Waals surface area contributed by atoms with E-state index in [-0.39, 0.29) is 5.41 Å². The number of hydrogen-bond acceptors (Lipinski definition) is 1. The molecule has 0 atom stereocenters. The monoisotopic (exact) mass is 329 g/mol. The van der Waals surface area contributed by atoms with E-state index >= 15 is 0 Å². The van der Waals surface area contributed by atoms with Gasteiger partial charge in [-0.2, -0.15) is 0 Å². The van der Waals surface area contributed by atoms with E-state index in [0.717, 1.165) is 15.6 Å². The average Bonchev–Trinajstić information content (AvgIpc) is 2.56. The van der Waals surface area contributed by atoms with E-state index in [0.29, 0.717) is 10.5 Å². The number of benzene rings is 1. The number of carbonyl (C=O) groups is 1. The number of carboxylic acid groups (broad SMARTS) is 1. The van der Waals surface area contributed by atoms with E-state index in [2.05, 4.69) is 15.9 Å². The Bertz CT molecular complexity index is 640. The molecule has 0 aliphatic heterocycles. The summed E-state index contributed by atoms with van der Waals surface area (Å²) in [6.45, 7) is 5.95. The number of rotatable bonds is 0. The van der Waals surface area contributed by atoms with Gasteiger partial charge in [0.05, 0.1) is 10.5 Å². The van der Waals surface area contributed by atoms with Gasteiger partial charge in [0.2, 0.25) is 0 Å². The van der Waals surface area contributed by atoms with Crippen molar-refractivity contribution < 1.29 is 9.90 Å². The maximum atomic E-state index is 11.4. The lowest BCUT2D eigenvalue weighted by atomic mass is 9.92. The van der Waals surface area contributed by atoms with Gasteiger partial charge in [-0.1, -0.05) is 32.4 Å². The topological polar surface area (TPSA) is 42.2 Å². The zero-order chi connectivity index (χ0) is 13.7. The Balaban J connectivity index is 2.89. The second-order valence-corrected chi connectivity index (χ2v) is 6.48. The zero-order valence-electron chi connectivity index (χ0n) is 10.3. The second-order valence-electron chi connectivity index (χ2n) is 5.22. The van der Waals surface area contributed by atoms with Crippen LogP contribution in [0.15, 0.2) is 22.7 Å². The van der Waals surface area contributed by atoms with Crippen LogP contribution in [0.5, 0.6) is 0 Å². The Morgan fingerprint density at radius 2 is 1.94 bits per heavy atom. The molecule has 0 saturated heterocycles. The van der Waals surface area contributed by atoms with Crippen molar-refractivity contribution in [1.29, 1.82) is 0 Å².